The number of benzene rings is 1. The third-order valence-electron chi connectivity index (χ3n) is 4.40. The fraction of sp³-hybridized carbons (Fsp3) is 0.684. The summed E-state index contributed by atoms with van der Waals surface area (Å²) in [6, 6.07) is 4.37. The summed E-state index contributed by atoms with van der Waals surface area (Å²) in [6.45, 7) is 8.55. The minimum Gasteiger partial charge on any atom is -0.390 e. The van der Waals surface area contributed by atoms with Crippen molar-refractivity contribution in [2.24, 2.45) is 0 Å². The molecule has 1 atom stereocenters. The standard InChI is InChI=1S/C19H32Cl2N2O3S/c1-4-7-11-22(12-8-5-2)14-17(24)15-23(6-3)27(25,26)19-13-16(20)9-10-18(19)21/h9-10,13,17,24H,4-8,11-12,14-15H2,1-3H3. The lowest BCUT2D eigenvalue weighted by atomic mass is 10.2. The normalized spacial score (nSPS) is 13.5. The van der Waals surface area contributed by atoms with Crippen LogP contribution in [0.5, 0.6) is 0 Å². The highest BCUT2D eigenvalue weighted by atomic mass is 35.5. The molecule has 0 aliphatic carbocycles. The average Bonchev–Trinajstić information content (AvgIpc) is 2.63. The second-order valence-electron chi connectivity index (χ2n) is 6.69. The fourth-order valence-corrected chi connectivity index (χ4v) is 5.08. The van der Waals surface area contributed by atoms with Crippen molar-refractivity contribution in [2.45, 2.75) is 57.5 Å². The van der Waals surface area contributed by atoms with Gasteiger partial charge in [-0.2, -0.15) is 4.31 Å². The van der Waals surface area contributed by atoms with E-state index < -0.39 is 16.1 Å². The Morgan fingerprint density at radius 2 is 1.63 bits per heavy atom. The molecule has 1 unspecified atom stereocenters. The number of hydrogen-bond acceptors (Lipinski definition) is 4. The molecule has 1 rings (SSSR count). The molecule has 0 aromatic heterocycles. The lowest BCUT2D eigenvalue weighted by Gasteiger charge is -2.28. The van der Waals surface area contributed by atoms with Crippen molar-refractivity contribution >= 4 is 33.2 Å². The summed E-state index contributed by atoms with van der Waals surface area (Å²) in [5.74, 6) is 0. The maximum absolute atomic E-state index is 13.0. The molecule has 0 aliphatic heterocycles. The first kappa shape index (κ1) is 24.7. The van der Waals surface area contributed by atoms with E-state index in [2.05, 4.69) is 18.7 Å². The van der Waals surface area contributed by atoms with Gasteiger partial charge in [0.05, 0.1) is 11.1 Å². The van der Waals surface area contributed by atoms with Crippen molar-refractivity contribution in [2.75, 3.05) is 32.7 Å². The summed E-state index contributed by atoms with van der Waals surface area (Å²) >= 11 is 12.0. The molecule has 1 aromatic rings. The molecular weight excluding hydrogens is 407 g/mol. The fourth-order valence-electron chi connectivity index (χ4n) is 2.86. The van der Waals surface area contributed by atoms with Crippen molar-refractivity contribution in [1.82, 2.24) is 9.21 Å². The first-order valence-electron chi connectivity index (χ1n) is 9.61. The Morgan fingerprint density at radius 3 is 2.15 bits per heavy atom. The molecule has 0 bridgehead atoms. The first-order valence-corrected chi connectivity index (χ1v) is 11.8. The molecule has 156 valence electrons. The molecule has 0 fully saturated rings. The van der Waals surface area contributed by atoms with Gasteiger partial charge in [0.2, 0.25) is 10.0 Å². The summed E-state index contributed by atoms with van der Waals surface area (Å²) in [4.78, 5) is 2.18. The highest BCUT2D eigenvalue weighted by molar-refractivity contribution is 7.89. The van der Waals surface area contributed by atoms with E-state index in [1.54, 1.807) is 13.0 Å². The van der Waals surface area contributed by atoms with E-state index in [1.165, 1.54) is 16.4 Å². The second kappa shape index (κ2) is 12.2. The predicted molar refractivity (Wildman–Crippen MR) is 113 cm³/mol. The summed E-state index contributed by atoms with van der Waals surface area (Å²) in [7, 11) is -3.83. The van der Waals surface area contributed by atoms with Crippen LogP contribution in [0.1, 0.15) is 46.5 Å². The number of unbranched alkanes of at least 4 members (excludes halogenated alkanes) is 2. The van der Waals surface area contributed by atoms with Gasteiger partial charge in [-0.25, -0.2) is 8.42 Å². The second-order valence-corrected chi connectivity index (χ2v) is 9.44. The van der Waals surface area contributed by atoms with Crippen LogP contribution in [0.3, 0.4) is 0 Å². The van der Waals surface area contributed by atoms with E-state index in [0.717, 1.165) is 38.8 Å². The Hall–Kier alpha value is -0.370. The van der Waals surface area contributed by atoms with Crippen LogP contribution in [0, 0.1) is 0 Å². The van der Waals surface area contributed by atoms with Crippen LogP contribution < -0.4 is 0 Å². The van der Waals surface area contributed by atoms with Crippen LogP contribution in [0.2, 0.25) is 10.0 Å². The van der Waals surface area contributed by atoms with E-state index in [0.29, 0.717) is 11.6 Å². The van der Waals surface area contributed by atoms with E-state index in [1.807, 2.05) is 0 Å². The van der Waals surface area contributed by atoms with Crippen LogP contribution in [0.4, 0.5) is 0 Å². The minimum atomic E-state index is -3.83. The van der Waals surface area contributed by atoms with Gasteiger partial charge in [-0.1, -0.05) is 56.8 Å². The van der Waals surface area contributed by atoms with Gasteiger partial charge < -0.3 is 10.0 Å². The Labute approximate surface area is 174 Å². The van der Waals surface area contributed by atoms with Crippen molar-refractivity contribution in [3.63, 3.8) is 0 Å². The number of aliphatic hydroxyl groups is 1. The number of rotatable bonds is 13. The number of hydrogen-bond donors (Lipinski definition) is 1. The molecule has 0 heterocycles. The van der Waals surface area contributed by atoms with Gasteiger partial charge >= 0.3 is 0 Å². The number of halogens is 2. The summed E-state index contributed by atoms with van der Waals surface area (Å²) in [5, 5.41) is 11.0. The van der Waals surface area contributed by atoms with Crippen molar-refractivity contribution < 1.29 is 13.5 Å². The molecule has 0 aliphatic rings. The molecule has 8 heteroatoms. The zero-order chi connectivity index (χ0) is 20.4. The predicted octanol–water partition coefficient (Wildman–Crippen LogP) is 4.27. The zero-order valence-corrected chi connectivity index (χ0v) is 18.8. The van der Waals surface area contributed by atoms with E-state index in [4.69, 9.17) is 23.2 Å². The third-order valence-corrected chi connectivity index (χ3v) is 7.06. The topological polar surface area (TPSA) is 60.9 Å². The summed E-state index contributed by atoms with van der Waals surface area (Å²) in [5.41, 5.74) is 0. The van der Waals surface area contributed by atoms with Crippen LogP contribution in [0.25, 0.3) is 0 Å². The molecule has 1 aromatic carbocycles. The molecule has 1 N–H and O–H groups in total. The largest absolute Gasteiger partial charge is 0.390 e. The van der Waals surface area contributed by atoms with E-state index in [-0.39, 0.29) is 23.0 Å². The van der Waals surface area contributed by atoms with Gasteiger partial charge in [0.15, 0.2) is 0 Å². The SMILES string of the molecule is CCCCN(CCCC)CC(O)CN(CC)S(=O)(=O)c1cc(Cl)ccc1Cl. The van der Waals surface area contributed by atoms with Gasteiger partial charge in [-0.05, 0) is 44.1 Å². The Bertz CT molecular complexity index is 663. The van der Waals surface area contributed by atoms with Gasteiger partial charge in [0.25, 0.3) is 0 Å². The monoisotopic (exact) mass is 438 g/mol. The highest BCUT2D eigenvalue weighted by Gasteiger charge is 2.28. The third kappa shape index (κ3) is 7.87. The van der Waals surface area contributed by atoms with Crippen molar-refractivity contribution in [3.05, 3.63) is 28.2 Å². The lowest BCUT2D eigenvalue weighted by molar-refractivity contribution is 0.0940. The molecular formula is C19H32Cl2N2O3S. The van der Waals surface area contributed by atoms with Crippen LogP contribution >= 0.6 is 23.2 Å². The summed E-state index contributed by atoms with van der Waals surface area (Å²) < 4.78 is 27.2. The molecule has 0 radical (unpaired) electrons. The Morgan fingerprint density at radius 1 is 1.04 bits per heavy atom. The molecule has 0 saturated carbocycles. The summed E-state index contributed by atoms with van der Waals surface area (Å²) in [6.07, 6.45) is 3.52. The minimum absolute atomic E-state index is 0.0242. The molecule has 0 saturated heterocycles. The molecule has 5 nitrogen and oxygen atoms in total. The Balaban J connectivity index is 2.86. The van der Waals surface area contributed by atoms with E-state index in [9.17, 15) is 13.5 Å². The molecule has 27 heavy (non-hydrogen) atoms. The number of sulfonamides is 1. The number of nitrogens with zero attached hydrogens (tertiary/aromatic N) is 2. The van der Waals surface area contributed by atoms with Crippen LogP contribution in [0.15, 0.2) is 23.1 Å². The van der Waals surface area contributed by atoms with Gasteiger partial charge in [-0.3, -0.25) is 0 Å². The number of aliphatic hydroxyl groups excluding tert-OH is 1. The van der Waals surface area contributed by atoms with Gasteiger partial charge in [0.1, 0.15) is 4.90 Å². The zero-order valence-electron chi connectivity index (χ0n) is 16.5. The average molecular weight is 439 g/mol. The first-order chi connectivity index (χ1) is 12.8. The lowest BCUT2D eigenvalue weighted by Crippen LogP contribution is -2.43. The van der Waals surface area contributed by atoms with Gasteiger partial charge in [-0.15, -0.1) is 0 Å². The van der Waals surface area contributed by atoms with Crippen LogP contribution in [-0.4, -0.2) is 61.6 Å². The van der Waals surface area contributed by atoms with Crippen molar-refractivity contribution in [3.8, 4) is 0 Å². The van der Waals surface area contributed by atoms with Crippen LogP contribution in [-0.2, 0) is 10.0 Å². The van der Waals surface area contributed by atoms with Gasteiger partial charge in [0, 0.05) is 24.7 Å². The molecule has 0 amide bonds. The Kier molecular flexibility index (Phi) is 11.2. The highest BCUT2D eigenvalue weighted by Crippen LogP contribution is 2.27. The van der Waals surface area contributed by atoms with Crippen molar-refractivity contribution in [1.29, 1.82) is 0 Å². The maximum atomic E-state index is 13.0. The molecule has 0 spiro atoms. The quantitative estimate of drug-likeness (QED) is 0.499. The number of likely N-dealkylation sites (N-methyl/N-ethyl adjacent to an activating group) is 1. The smallest absolute Gasteiger partial charge is 0.244 e. The van der Waals surface area contributed by atoms with E-state index >= 15 is 0 Å². The maximum Gasteiger partial charge on any atom is 0.244 e.